The fourth-order valence-corrected chi connectivity index (χ4v) is 3.76. The highest BCUT2D eigenvalue weighted by molar-refractivity contribution is 7.10. The average Bonchev–Trinajstić information content (AvgIpc) is 3.41. The molecule has 164 valence electrons. The Morgan fingerprint density at radius 2 is 1.75 bits per heavy atom. The van der Waals surface area contributed by atoms with E-state index in [-0.39, 0.29) is 5.91 Å². The third kappa shape index (κ3) is 4.17. The number of carbonyl (C=O) groups is 1. The quantitative estimate of drug-likeness (QED) is 0.474. The maximum Gasteiger partial charge on any atom is 0.257 e. The van der Waals surface area contributed by atoms with Gasteiger partial charge in [-0.3, -0.25) is 10.1 Å². The molecule has 0 bridgehead atoms. The molecular formula is C22H22N6O3S. The van der Waals surface area contributed by atoms with Gasteiger partial charge in [-0.1, -0.05) is 17.3 Å². The summed E-state index contributed by atoms with van der Waals surface area (Å²) in [4.78, 5) is 17.1. The van der Waals surface area contributed by atoms with E-state index >= 15 is 0 Å². The van der Waals surface area contributed by atoms with Gasteiger partial charge in [-0.05, 0) is 50.1 Å². The lowest BCUT2D eigenvalue weighted by molar-refractivity contribution is 0.102. The summed E-state index contributed by atoms with van der Waals surface area (Å²) in [6.45, 7) is 5.97. The van der Waals surface area contributed by atoms with Crippen molar-refractivity contribution < 1.29 is 14.3 Å². The second-order valence-corrected chi connectivity index (χ2v) is 7.96. The summed E-state index contributed by atoms with van der Waals surface area (Å²) in [5, 5.41) is 11.7. The van der Waals surface area contributed by atoms with Gasteiger partial charge in [-0.15, -0.1) is 5.10 Å². The van der Waals surface area contributed by atoms with Gasteiger partial charge in [0.1, 0.15) is 11.5 Å². The number of benzene rings is 2. The van der Waals surface area contributed by atoms with Crippen molar-refractivity contribution in [2.24, 2.45) is 0 Å². The van der Waals surface area contributed by atoms with Crippen molar-refractivity contribution in [3.63, 3.8) is 0 Å². The molecule has 32 heavy (non-hydrogen) atoms. The lowest BCUT2D eigenvalue weighted by Gasteiger charge is -2.08. The molecule has 0 saturated carbocycles. The molecule has 4 rings (SSSR count). The summed E-state index contributed by atoms with van der Waals surface area (Å²) in [5.41, 5.74) is 4.93. The first-order valence-corrected chi connectivity index (χ1v) is 10.6. The van der Waals surface area contributed by atoms with E-state index in [1.807, 2.05) is 26.8 Å². The zero-order valence-corrected chi connectivity index (χ0v) is 19.1. The fraction of sp³-hybridized carbons (Fsp3) is 0.227. The predicted octanol–water partition coefficient (Wildman–Crippen LogP) is 3.98. The molecule has 0 fully saturated rings. The summed E-state index contributed by atoms with van der Waals surface area (Å²) in [5.74, 6) is 1.10. The lowest BCUT2D eigenvalue weighted by atomic mass is 10.1. The van der Waals surface area contributed by atoms with Gasteiger partial charge in [0.2, 0.25) is 5.13 Å². The molecular weight excluding hydrogens is 428 g/mol. The maximum absolute atomic E-state index is 12.7. The molecule has 0 aliphatic rings. The Morgan fingerprint density at radius 1 is 1.03 bits per heavy atom. The Hall–Kier alpha value is -3.79. The lowest BCUT2D eigenvalue weighted by Crippen LogP contribution is -2.12. The minimum atomic E-state index is -0.347. The molecule has 2 heterocycles. The van der Waals surface area contributed by atoms with E-state index in [0.717, 1.165) is 34.0 Å². The molecule has 9 nitrogen and oxygen atoms in total. The number of hydrogen-bond donors (Lipinski definition) is 1. The Labute approximate surface area is 189 Å². The molecule has 0 atom stereocenters. The topological polar surface area (TPSA) is 104 Å². The molecule has 0 saturated heterocycles. The van der Waals surface area contributed by atoms with Gasteiger partial charge in [0.15, 0.2) is 11.5 Å². The zero-order chi connectivity index (χ0) is 22.8. The minimum absolute atomic E-state index is 0.347. The van der Waals surface area contributed by atoms with Crippen molar-refractivity contribution in [3.8, 4) is 28.7 Å². The normalized spacial score (nSPS) is 10.8. The number of rotatable bonds is 6. The van der Waals surface area contributed by atoms with Crippen LogP contribution in [0.15, 0.2) is 36.4 Å². The van der Waals surface area contributed by atoms with Gasteiger partial charge >= 0.3 is 0 Å². The first kappa shape index (κ1) is 21.4. The summed E-state index contributed by atoms with van der Waals surface area (Å²) < 4.78 is 16.6. The van der Waals surface area contributed by atoms with Gasteiger partial charge in [-0.25, -0.2) is 4.68 Å². The number of nitrogens with one attached hydrogen (secondary N) is 1. The maximum atomic E-state index is 12.7. The minimum Gasteiger partial charge on any atom is -0.497 e. The van der Waals surface area contributed by atoms with E-state index in [0.29, 0.717) is 33.7 Å². The van der Waals surface area contributed by atoms with Crippen molar-refractivity contribution in [2.75, 3.05) is 19.5 Å². The van der Waals surface area contributed by atoms with Crippen molar-refractivity contribution >= 4 is 22.6 Å². The highest BCUT2D eigenvalue weighted by atomic mass is 32.1. The fourth-order valence-electron chi connectivity index (χ4n) is 3.19. The van der Waals surface area contributed by atoms with Crippen LogP contribution in [0.2, 0.25) is 0 Å². The van der Waals surface area contributed by atoms with Crippen LogP contribution >= 0.6 is 11.5 Å². The second-order valence-electron chi connectivity index (χ2n) is 7.20. The van der Waals surface area contributed by atoms with Crippen LogP contribution in [0.5, 0.6) is 11.5 Å². The average molecular weight is 451 g/mol. The molecule has 4 aromatic rings. The number of aromatic nitrogens is 5. The number of methoxy groups -OCH3 is 2. The number of aryl methyl sites for hydroxylation is 2. The number of amides is 1. The van der Waals surface area contributed by atoms with Gasteiger partial charge in [0, 0.05) is 23.2 Å². The van der Waals surface area contributed by atoms with Gasteiger partial charge < -0.3 is 9.47 Å². The van der Waals surface area contributed by atoms with E-state index in [1.165, 1.54) is 14.2 Å². The van der Waals surface area contributed by atoms with Crippen LogP contribution in [0.25, 0.3) is 17.2 Å². The van der Waals surface area contributed by atoms with Crippen molar-refractivity contribution in [2.45, 2.75) is 20.8 Å². The molecule has 0 spiro atoms. The molecule has 0 aliphatic heterocycles. The highest BCUT2D eigenvalue weighted by Gasteiger charge is 2.19. The molecule has 1 N–H and O–H groups in total. The highest BCUT2D eigenvalue weighted by Crippen LogP contribution is 2.27. The number of nitrogens with zero attached hydrogens (tertiary/aromatic N) is 5. The Morgan fingerprint density at radius 3 is 2.44 bits per heavy atom. The van der Waals surface area contributed by atoms with E-state index in [2.05, 4.69) is 37.1 Å². The first-order valence-electron chi connectivity index (χ1n) is 9.78. The molecule has 2 aromatic carbocycles. The van der Waals surface area contributed by atoms with E-state index in [9.17, 15) is 4.79 Å². The van der Waals surface area contributed by atoms with Gasteiger partial charge in [0.25, 0.3) is 5.91 Å². The van der Waals surface area contributed by atoms with E-state index in [4.69, 9.17) is 9.47 Å². The molecule has 10 heteroatoms. The monoisotopic (exact) mass is 450 g/mol. The van der Waals surface area contributed by atoms with Crippen molar-refractivity contribution in [1.29, 1.82) is 0 Å². The molecule has 2 aromatic heterocycles. The standard InChI is InChI=1S/C22H22N6O3S/c1-12-6-7-13(2)18(8-12)28-14(3)19(25-27-28)20-23-22(32-26-20)24-21(29)15-9-16(30-4)11-17(10-15)31-5/h6-11H,1-5H3,(H,23,24,26,29). The van der Waals surface area contributed by atoms with Crippen LogP contribution in [0.3, 0.4) is 0 Å². The summed E-state index contributed by atoms with van der Waals surface area (Å²) in [6, 6.07) is 11.1. The molecule has 1 amide bonds. The molecule has 0 unspecified atom stereocenters. The summed E-state index contributed by atoms with van der Waals surface area (Å²) in [7, 11) is 3.06. The van der Waals surface area contributed by atoms with Crippen LogP contribution < -0.4 is 14.8 Å². The number of ether oxygens (including phenoxy) is 2. The van der Waals surface area contributed by atoms with E-state index in [1.54, 1.807) is 22.9 Å². The smallest absolute Gasteiger partial charge is 0.257 e. The number of hydrogen-bond acceptors (Lipinski definition) is 8. The second kappa shape index (κ2) is 8.75. The Balaban J connectivity index is 1.58. The largest absolute Gasteiger partial charge is 0.497 e. The number of anilines is 1. The van der Waals surface area contributed by atoms with Gasteiger partial charge in [0.05, 0.1) is 25.6 Å². The summed E-state index contributed by atoms with van der Waals surface area (Å²) >= 11 is 1.07. The van der Waals surface area contributed by atoms with Crippen LogP contribution in [0, 0.1) is 20.8 Å². The third-order valence-corrected chi connectivity index (χ3v) is 5.59. The first-order chi connectivity index (χ1) is 15.4. The Kier molecular flexibility index (Phi) is 5.87. The Bertz CT molecular complexity index is 1270. The SMILES string of the molecule is COc1cc(OC)cc(C(=O)Nc2nc(-c3nnn(-c4cc(C)ccc4C)c3C)ns2)c1. The van der Waals surface area contributed by atoms with E-state index < -0.39 is 0 Å². The van der Waals surface area contributed by atoms with Gasteiger partial charge in [-0.2, -0.15) is 9.36 Å². The number of carbonyl (C=O) groups excluding carboxylic acids is 1. The van der Waals surface area contributed by atoms with Crippen molar-refractivity contribution in [1.82, 2.24) is 24.4 Å². The predicted molar refractivity (Wildman–Crippen MR) is 122 cm³/mol. The van der Waals surface area contributed by atoms with Crippen LogP contribution in [0.1, 0.15) is 27.2 Å². The molecule has 0 aliphatic carbocycles. The summed E-state index contributed by atoms with van der Waals surface area (Å²) in [6.07, 6.45) is 0. The van der Waals surface area contributed by atoms with Crippen LogP contribution in [-0.4, -0.2) is 44.5 Å². The van der Waals surface area contributed by atoms with Crippen LogP contribution in [0.4, 0.5) is 5.13 Å². The van der Waals surface area contributed by atoms with Crippen LogP contribution in [-0.2, 0) is 0 Å². The molecule has 0 radical (unpaired) electrons. The third-order valence-electron chi connectivity index (χ3n) is 4.96. The zero-order valence-electron chi connectivity index (χ0n) is 18.3. The van der Waals surface area contributed by atoms with Crippen molar-refractivity contribution in [3.05, 3.63) is 58.8 Å².